The number of hydrogen-bond donors (Lipinski definition) is 0. The van der Waals surface area contributed by atoms with Gasteiger partial charge in [-0.05, 0) is 58.7 Å². The Labute approximate surface area is 169 Å². The van der Waals surface area contributed by atoms with E-state index in [1.165, 1.54) is 0 Å². The Balaban J connectivity index is 1.91. The summed E-state index contributed by atoms with van der Waals surface area (Å²) in [6, 6.07) is 16.5. The smallest absolute Gasteiger partial charge is 0.217 e. The standard InChI is InChI=1S/C22H16BrN3O2/c1-14-6-5-11-24-20(14)22(28)17-13-26(12-15-7-4-10-19(23)25-15)18-9-3-2-8-16(18)21(17)27/h2-11,13H,12H2,1H3. The molecule has 0 spiro atoms. The average Bonchev–Trinajstić information content (AvgIpc) is 2.70. The molecule has 0 aliphatic rings. The number of hydrogen-bond acceptors (Lipinski definition) is 4. The van der Waals surface area contributed by atoms with Gasteiger partial charge in [-0.1, -0.05) is 24.3 Å². The molecular weight excluding hydrogens is 418 g/mol. The molecule has 4 aromatic rings. The van der Waals surface area contributed by atoms with Crippen molar-refractivity contribution in [1.82, 2.24) is 14.5 Å². The molecule has 0 aliphatic heterocycles. The molecule has 4 rings (SSSR count). The lowest BCUT2D eigenvalue weighted by Crippen LogP contribution is -2.21. The van der Waals surface area contributed by atoms with Gasteiger partial charge in [0, 0.05) is 17.8 Å². The zero-order valence-corrected chi connectivity index (χ0v) is 16.7. The van der Waals surface area contributed by atoms with Crippen molar-refractivity contribution in [2.75, 3.05) is 0 Å². The number of carbonyl (C=O) groups is 1. The molecule has 5 nitrogen and oxygen atoms in total. The number of nitrogens with zero attached hydrogens (tertiary/aromatic N) is 3. The zero-order chi connectivity index (χ0) is 19.7. The Hall–Kier alpha value is -3.12. The Morgan fingerprint density at radius 1 is 1.07 bits per heavy atom. The number of rotatable bonds is 4. The van der Waals surface area contributed by atoms with Crippen LogP contribution in [0.15, 0.2) is 76.4 Å². The highest BCUT2D eigenvalue weighted by molar-refractivity contribution is 9.10. The maximum absolute atomic E-state index is 13.1. The summed E-state index contributed by atoms with van der Waals surface area (Å²) in [6.45, 7) is 2.24. The molecule has 138 valence electrons. The predicted molar refractivity (Wildman–Crippen MR) is 112 cm³/mol. The van der Waals surface area contributed by atoms with Crippen molar-refractivity contribution < 1.29 is 4.79 Å². The maximum atomic E-state index is 13.1. The number of para-hydroxylation sites is 1. The number of aromatic nitrogens is 3. The van der Waals surface area contributed by atoms with Crippen molar-refractivity contribution in [3.05, 3.63) is 104 Å². The van der Waals surface area contributed by atoms with Crippen LogP contribution < -0.4 is 5.43 Å². The highest BCUT2D eigenvalue weighted by atomic mass is 79.9. The van der Waals surface area contributed by atoms with Gasteiger partial charge in [0.2, 0.25) is 11.2 Å². The zero-order valence-electron chi connectivity index (χ0n) is 15.1. The number of carbonyl (C=O) groups excluding carboxylic acids is 1. The monoisotopic (exact) mass is 433 g/mol. The fraction of sp³-hybridized carbons (Fsp3) is 0.0909. The second-order valence-electron chi connectivity index (χ2n) is 6.47. The SMILES string of the molecule is Cc1cccnc1C(=O)c1cn(Cc2cccc(Br)n2)c2ccccc2c1=O. The lowest BCUT2D eigenvalue weighted by Gasteiger charge is -2.13. The third-order valence-electron chi connectivity index (χ3n) is 4.56. The summed E-state index contributed by atoms with van der Waals surface area (Å²) in [5, 5.41) is 0.497. The van der Waals surface area contributed by atoms with E-state index < -0.39 is 0 Å². The van der Waals surface area contributed by atoms with Gasteiger partial charge in [-0.25, -0.2) is 4.98 Å². The molecule has 0 atom stereocenters. The normalized spacial score (nSPS) is 10.9. The Kier molecular flexibility index (Phi) is 4.88. The van der Waals surface area contributed by atoms with Crippen LogP contribution in [-0.2, 0) is 6.54 Å². The van der Waals surface area contributed by atoms with Crippen molar-refractivity contribution >= 4 is 32.6 Å². The highest BCUT2D eigenvalue weighted by Gasteiger charge is 2.19. The summed E-state index contributed by atoms with van der Waals surface area (Å²) in [5.74, 6) is -0.371. The van der Waals surface area contributed by atoms with Crippen molar-refractivity contribution in [1.29, 1.82) is 0 Å². The van der Waals surface area contributed by atoms with E-state index in [4.69, 9.17) is 0 Å². The fourth-order valence-electron chi connectivity index (χ4n) is 3.20. The van der Waals surface area contributed by atoms with Crippen LogP contribution in [-0.4, -0.2) is 20.3 Å². The number of fused-ring (bicyclic) bond motifs is 1. The van der Waals surface area contributed by atoms with Crippen molar-refractivity contribution in [2.45, 2.75) is 13.5 Å². The molecule has 1 aromatic carbocycles. The van der Waals surface area contributed by atoms with Crippen LogP contribution in [0.4, 0.5) is 0 Å². The van der Waals surface area contributed by atoms with E-state index in [1.807, 2.05) is 47.9 Å². The van der Waals surface area contributed by atoms with Gasteiger partial charge in [-0.2, -0.15) is 0 Å². The Bertz CT molecular complexity index is 1260. The molecule has 0 aliphatic carbocycles. The van der Waals surface area contributed by atoms with Gasteiger partial charge in [0.15, 0.2) is 0 Å². The maximum Gasteiger partial charge on any atom is 0.217 e. The Morgan fingerprint density at radius 2 is 1.89 bits per heavy atom. The third-order valence-corrected chi connectivity index (χ3v) is 5.00. The topological polar surface area (TPSA) is 64.8 Å². The van der Waals surface area contributed by atoms with Gasteiger partial charge in [-0.15, -0.1) is 0 Å². The van der Waals surface area contributed by atoms with Crippen LogP contribution >= 0.6 is 15.9 Å². The molecule has 28 heavy (non-hydrogen) atoms. The summed E-state index contributed by atoms with van der Waals surface area (Å²) in [5.41, 5.74) is 2.42. The summed E-state index contributed by atoms with van der Waals surface area (Å²) >= 11 is 3.38. The quantitative estimate of drug-likeness (QED) is 0.358. The molecular formula is C22H16BrN3O2. The van der Waals surface area contributed by atoms with Crippen LogP contribution in [0.1, 0.15) is 27.3 Å². The largest absolute Gasteiger partial charge is 0.340 e. The van der Waals surface area contributed by atoms with Crippen molar-refractivity contribution in [3.8, 4) is 0 Å². The summed E-state index contributed by atoms with van der Waals surface area (Å²) in [7, 11) is 0. The first-order valence-electron chi connectivity index (χ1n) is 8.74. The predicted octanol–water partition coefficient (Wildman–Crippen LogP) is 4.14. The van der Waals surface area contributed by atoms with E-state index in [0.29, 0.717) is 17.6 Å². The first-order valence-corrected chi connectivity index (χ1v) is 9.54. The fourth-order valence-corrected chi connectivity index (χ4v) is 3.58. The lowest BCUT2D eigenvalue weighted by atomic mass is 10.0. The second kappa shape index (κ2) is 7.48. The van der Waals surface area contributed by atoms with E-state index in [2.05, 4.69) is 25.9 Å². The first-order chi connectivity index (χ1) is 13.5. The van der Waals surface area contributed by atoms with Gasteiger partial charge in [0.1, 0.15) is 10.3 Å². The lowest BCUT2D eigenvalue weighted by molar-refractivity contribution is 0.103. The molecule has 0 saturated heterocycles. The van der Waals surface area contributed by atoms with Gasteiger partial charge in [0.05, 0.1) is 23.3 Å². The van der Waals surface area contributed by atoms with Crippen molar-refractivity contribution in [3.63, 3.8) is 0 Å². The summed E-state index contributed by atoms with van der Waals surface area (Å²) < 4.78 is 2.62. The van der Waals surface area contributed by atoms with Crippen molar-refractivity contribution in [2.24, 2.45) is 0 Å². The van der Waals surface area contributed by atoms with E-state index in [1.54, 1.807) is 30.6 Å². The Morgan fingerprint density at radius 3 is 2.68 bits per heavy atom. The van der Waals surface area contributed by atoms with E-state index in [-0.39, 0.29) is 16.8 Å². The van der Waals surface area contributed by atoms with Gasteiger partial charge in [0.25, 0.3) is 0 Å². The molecule has 6 heteroatoms. The molecule has 0 radical (unpaired) electrons. The van der Waals surface area contributed by atoms with E-state index in [9.17, 15) is 9.59 Å². The van der Waals surface area contributed by atoms with Gasteiger partial charge in [-0.3, -0.25) is 14.6 Å². The minimum absolute atomic E-state index is 0.107. The van der Waals surface area contributed by atoms with Crippen LogP contribution in [0, 0.1) is 6.92 Å². The minimum atomic E-state index is -0.371. The molecule has 0 fully saturated rings. The van der Waals surface area contributed by atoms with Gasteiger partial charge >= 0.3 is 0 Å². The molecule has 0 unspecified atom stereocenters. The molecule has 0 bridgehead atoms. The van der Waals surface area contributed by atoms with Crippen LogP contribution in [0.25, 0.3) is 10.9 Å². The highest BCUT2D eigenvalue weighted by Crippen LogP contribution is 2.17. The third kappa shape index (κ3) is 3.39. The van der Waals surface area contributed by atoms with Crippen LogP contribution in [0.5, 0.6) is 0 Å². The molecule has 0 saturated carbocycles. The molecule has 3 aromatic heterocycles. The molecule has 0 amide bonds. The number of pyridine rings is 3. The van der Waals surface area contributed by atoms with Crippen LogP contribution in [0.3, 0.4) is 0 Å². The summed E-state index contributed by atoms with van der Waals surface area (Å²) in [4.78, 5) is 34.8. The number of aryl methyl sites for hydroxylation is 1. The summed E-state index contributed by atoms with van der Waals surface area (Å²) in [6.07, 6.45) is 3.18. The molecule has 3 heterocycles. The van der Waals surface area contributed by atoms with Crippen LogP contribution in [0.2, 0.25) is 0 Å². The minimum Gasteiger partial charge on any atom is -0.340 e. The first kappa shape index (κ1) is 18.3. The van der Waals surface area contributed by atoms with E-state index in [0.717, 1.165) is 21.4 Å². The molecule has 0 N–H and O–H groups in total. The average molecular weight is 434 g/mol. The number of benzene rings is 1. The number of ketones is 1. The number of halogens is 1. The van der Waals surface area contributed by atoms with Gasteiger partial charge < -0.3 is 4.57 Å². The van der Waals surface area contributed by atoms with E-state index >= 15 is 0 Å². The second-order valence-corrected chi connectivity index (χ2v) is 7.28.